The van der Waals surface area contributed by atoms with Crippen molar-refractivity contribution in [1.82, 2.24) is 4.31 Å². The van der Waals surface area contributed by atoms with Crippen LogP contribution in [-0.4, -0.2) is 57.5 Å². The number of nitrogens with one attached hydrogen (secondary N) is 1. The molecule has 0 saturated carbocycles. The fourth-order valence-corrected chi connectivity index (χ4v) is 5.25. The Morgan fingerprint density at radius 2 is 1.91 bits per heavy atom. The molecule has 0 bridgehead atoms. The van der Waals surface area contributed by atoms with Crippen molar-refractivity contribution in [2.45, 2.75) is 25.2 Å². The zero-order valence-electron chi connectivity index (χ0n) is 17.9. The van der Waals surface area contributed by atoms with E-state index in [4.69, 9.17) is 21.1 Å². The van der Waals surface area contributed by atoms with Crippen LogP contribution in [0.4, 0.5) is 5.69 Å². The van der Waals surface area contributed by atoms with E-state index in [0.29, 0.717) is 5.69 Å². The maximum atomic E-state index is 12.9. The van der Waals surface area contributed by atoms with E-state index < -0.39 is 28.5 Å². The Bertz CT molecular complexity index is 1110. The molecule has 2 aromatic carbocycles. The van der Waals surface area contributed by atoms with Crippen molar-refractivity contribution in [2.24, 2.45) is 0 Å². The van der Waals surface area contributed by atoms with Crippen molar-refractivity contribution in [3.63, 3.8) is 0 Å². The summed E-state index contributed by atoms with van der Waals surface area (Å²) in [6.45, 7) is 4.32. The molecule has 1 N–H and O–H groups in total. The summed E-state index contributed by atoms with van der Waals surface area (Å²) in [4.78, 5) is 24.6. The second-order valence-corrected chi connectivity index (χ2v) is 9.56. The van der Waals surface area contributed by atoms with Gasteiger partial charge in [0.1, 0.15) is 4.90 Å². The molecule has 0 aliphatic carbocycles. The molecule has 1 heterocycles. The van der Waals surface area contributed by atoms with Gasteiger partial charge >= 0.3 is 5.97 Å². The van der Waals surface area contributed by atoms with Crippen LogP contribution in [0.15, 0.2) is 41.3 Å². The van der Waals surface area contributed by atoms with Crippen molar-refractivity contribution < 1.29 is 27.5 Å². The van der Waals surface area contributed by atoms with Crippen LogP contribution < -0.4 is 5.32 Å². The van der Waals surface area contributed by atoms with Gasteiger partial charge in [0, 0.05) is 18.8 Å². The van der Waals surface area contributed by atoms with Gasteiger partial charge in [0.2, 0.25) is 10.0 Å². The molecule has 0 radical (unpaired) electrons. The number of hydrogen-bond donors (Lipinski definition) is 1. The summed E-state index contributed by atoms with van der Waals surface area (Å²) in [6, 6.07) is 9.56. The van der Waals surface area contributed by atoms with Crippen LogP contribution in [0.5, 0.6) is 0 Å². The van der Waals surface area contributed by atoms with E-state index in [1.165, 1.54) is 22.5 Å². The van der Waals surface area contributed by atoms with Gasteiger partial charge in [-0.3, -0.25) is 4.79 Å². The molecule has 32 heavy (non-hydrogen) atoms. The number of rotatable bonds is 7. The smallest absolute Gasteiger partial charge is 0.338 e. The predicted octanol–water partition coefficient (Wildman–Crippen LogP) is 3.03. The number of carbonyl (C=O) groups is 2. The maximum absolute atomic E-state index is 12.9. The number of ether oxygens (including phenoxy) is 2. The lowest BCUT2D eigenvalue weighted by atomic mass is 10.1. The van der Waals surface area contributed by atoms with Gasteiger partial charge in [-0.15, -0.1) is 0 Å². The van der Waals surface area contributed by atoms with Crippen molar-refractivity contribution in [1.29, 1.82) is 0 Å². The minimum Gasteiger partial charge on any atom is -0.452 e. The predicted molar refractivity (Wildman–Crippen MR) is 120 cm³/mol. The Hall–Kier alpha value is -2.46. The Kier molecular flexibility index (Phi) is 7.89. The topological polar surface area (TPSA) is 102 Å². The summed E-state index contributed by atoms with van der Waals surface area (Å²) in [6.07, 6.45) is 0.738. The number of esters is 1. The highest BCUT2D eigenvalue weighted by Crippen LogP contribution is 2.27. The Morgan fingerprint density at radius 1 is 1.19 bits per heavy atom. The van der Waals surface area contributed by atoms with E-state index >= 15 is 0 Å². The van der Waals surface area contributed by atoms with E-state index in [1.807, 2.05) is 32.0 Å². The molecule has 2 aromatic rings. The Morgan fingerprint density at radius 3 is 2.59 bits per heavy atom. The second-order valence-electron chi connectivity index (χ2n) is 7.25. The largest absolute Gasteiger partial charge is 0.452 e. The van der Waals surface area contributed by atoms with E-state index in [-0.39, 0.29) is 41.8 Å². The lowest BCUT2D eigenvalue weighted by Gasteiger charge is -2.26. The number of aryl methyl sites for hydroxylation is 2. The third-order valence-corrected chi connectivity index (χ3v) is 7.47. The highest BCUT2D eigenvalue weighted by Gasteiger charge is 2.29. The summed E-state index contributed by atoms with van der Waals surface area (Å²) in [5, 5.41) is 2.77. The molecular weight excluding hydrogens is 456 g/mol. The first-order valence-corrected chi connectivity index (χ1v) is 12.0. The fraction of sp³-hybridized carbons (Fsp3) is 0.364. The van der Waals surface area contributed by atoms with Crippen LogP contribution in [0.2, 0.25) is 5.02 Å². The third-order valence-electron chi connectivity index (χ3n) is 5.09. The van der Waals surface area contributed by atoms with Gasteiger partial charge in [-0.1, -0.05) is 36.7 Å². The summed E-state index contributed by atoms with van der Waals surface area (Å²) in [7, 11) is -3.90. The van der Waals surface area contributed by atoms with Crippen molar-refractivity contribution in [3.05, 3.63) is 58.1 Å². The lowest BCUT2D eigenvalue weighted by molar-refractivity contribution is -0.119. The monoisotopic (exact) mass is 480 g/mol. The molecule has 1 saturated heterocycles. The average molecular weight is 481 g/mol. The molecule has 1 amide bonds. The Labute approximate surface area is 192 Å². The summed E-state index contributed by atoms with van der Waals surface area (Å²) in [5.74, 6) is -1.31. The van der Waals surface area contributed by atoms with Crippen LogP contribution in [0.25, 0.3) is 0 Å². The van der Waals surface area contributed by atoms with Gasteiger partial charge in [0.15, 0.2) is 6.61 Å². The molecule has 1 fully saturated rings. The maximum Gasteiger partial charge on any atom is 0.338 e. The molecule has 0 spiro atoms. The van der Waals surface area contributed by atoms with Crippen LogP contribution in [0.1, 0.15) is 28.4 Å². The Balaban J connectivity index is 1.70. The lowest BCUT2D eigenvalue weighted by Crippen LogP contribution is -2.40. The summed E-state index contributed by atoms with van der Waals surface area (Å²) >= 11 is 6.11. The standard InChI is InChI=1S/C22H25ClN2O6S/c1-3-16-6-4-5-15(2)21(16)24-20(26)14-31-22(27)17-7-8-18(23)19(13-17)32(28,29)25-9-11-30-12-10-25/h4-8,13H,3,9-12,14H2,1-2H3,(H,24,26). The van der Waals surface area contributed by atoms with Crippen molar-refractivity contribution >= 4 is 39.2 Å². The number of sulfonamides is 1. The van der Waals surface area contributed by atoms with E-state index in [9.17, 15) is 18.0 Å². The molecular formula is C22H25ClN2O6S. The van der Waals surface area contributed by atoms with Crippen LogP contribution in [0.3, 0.4) is 0 Å². The number of para-hydroxylation sites is 1. The zero-order chi connectivity index (χ0) is 23.3. The number of morpholine rings is 1. The molecule has 3 rings (SSSR count). The third kappa shape index (κ3) is 5.47. The normalized spacial score (nSPS) is 14.7. The minimum absolute atomic E-state index is 0.00238. The van der Waals surface area contributed by atoms with Crippen LogP contribution in [0, 0.1) is 6.92 Å². The van der Waals surface area contributed by atoms with Gasteiger partial charge in [0.05, 0.1) is 23.8 Å². The molecule has 0 unspecified atom stereocenters. The first kappa shape index (κ1) is 24.2. The molecule has 1 aliphatic rings. The van der Waals surface area contributed by atoms with Crippen molar-refractivity contribution in [3.8, 4) is 0 Å². The SMILES string of the molecule is CCc1cccc(C)c1NC(=O)COC(=O)c1ccc(Cl)c(S(=O)(=O)N2CCOCC2)c1. The van der Waals surface area contributed by atoms with Crippen molar-refractivity contribution in [2.75, 3.05) is 38.2 Å². The summed E-state index contributed by atoms with van der Waals surface area (Å²) in [5.41, 5.74) is 2.56. The highest BCUT2D eigenvalue weighted by atomic mass is 35.5. The average Bonchev–Trinajstić information content (AvgIpc) is 2.79. The van der Waals surface area contributed by atoms with Crippen LogP contribution >= 0.6 is 11.6 Å². The zero-order valence-corrected chi connectivity index (χ0v) is 19.5. The van der Waals surface area contributed by atoms with E-state index in [1.54, 1.807) is 0 Å². The first-order valence-electron chi connectivity index (χ1n) is 10.2. The number of amides is 1. The molecule has 10 heteroatoms. The molecule has 0 aromatic heterocycles. The number of hydrogen-bond acceptors (Lipinski definition) is 6. The van der Waals surface area contributed by atoms with Gasteiger partial charge in [-0.2, -0.15) is 4.31 Å². The summed E-state index contributed by atoms with van der Waals surface area (Å²) < 4.78 is 37.4. The van der Waals surface area contributed by atoms with Gasteiger partial charge < -0.3 is 14.8 Å². The van der Waals surface area contributed by atoms with Crippen LogP contribution in [-0.2, 0) is 30.7 Å². The molecule has 8 nitrogen and oxygen atoms in total. The second kappa shape index (κ2) is 10.4. The number of carbonyl (C=O) groups excluding carboxylic acids is 2. The molecule has 172 valence electrons. The minimum atomic E-state index is -3.90. The van der Waals surface area contributed by atoms with Gasteiger partial charge in [0.25, 0.3) is 5.91 Å². The fourth-order valence-electron chi connectivity index (χ4n) is 3.35. The van der Waals surface area contributed by atoms with E-state index in [2.05, 4.69) is 5.32 Å². The quantitative estimate of drug-likeness (QED) is 0.611. The van der Waals surface area contributed by atoms with Gasteiger partial charge in [-0.25, -0.2) is 13.2 Å². The van der Waals surface area contributed by atoms with Gasteiger partial charge in [-0.05, 0) is 42.7 Å². The number of benzene rings is 2. The number of anilines is 1. The van der Waals surface area contributed by atoms with E-state index in [0.717, 1.165) is 17.5 Å². The molecule has 1 aliphatic heterocycles. The first-order chi connectivity index (χ1) is 15.2. The molecule has 0 atom stereocenters. The highest BCUT2D eigenvalue weighted by molar-refractivity contribution is 7.89. The number of nitrogens with zero attached hydrogens (tertiary/aromatic N) is 1. The number of halogens is 1.